The first-order valence-electron chi connectivity index (χ1n) is 9.26. The van der Waals surface area contributed by atoms with Crippen LogP contribution in [-0.2, 0) is 7.05 Å². The number of phenols is 2. The molecule has 0 bridgehead atoms. The SMILES string of the molecule is Cn1cc(/C=C2\Oc3cc(O)cc(O)c3C2=O)c2c(-c3cccc(F)c3)cccc21. The lowest BCUT2D eigenvalue weighted by molar-refractivity contribution is 0.101. The van der Waals surface area contributed by atoms with E-state index in [-0.39, 0.29) is 34.4 Å². The van der Waals surface area contributed by atoms with Crippen LogP contribution in [0.25, 0.3) is 28.1 Å². The predicted molar refractivity (Wildman–Crippen MR) is 111 cm³/mol. The zero-order valence-electron chi connectivity index (χ0n) is 15.9. The zero-order valence-corrected chi connectivity index (χ0v) is 15.9. The smallest absolute Gasteiger partial charge is 0.235 e. The summed E-state index contributed by atoms with van der Waals surface area (Å²) >= 11 is 0. The van der Waals surface area contributed by atoms with Crippen LogP contribution in [-0.4, -0.2) is 20.6 Å². The second-order valence-corrected chi connectivity index (χ2v) is 7.18. The van der Waals surface area contributed by atoms with E-state index in [1.807, 2.05) is 42.1 Å². The number of carbonyl (C=O) groups excluding carboxylic acids is 1. The normalized spacial score (nSPS) is 14.3. The van der Waals surface area contributed by atoms with Crippen molar-refractivity contribution in [2.45, 2.75) is 0 Å². The lowest BCUT2D eigenvalue weighted by Gasteiger charge is -2.06. The summed E-state index contributed by atoms with van der Waals surface area (Å²) in [7, 11) is 1.88. The fourth-order valence-electron chi connectivity index (χ4n) is 3.91. The van der Waals surface area contributed by atoms with Gasteiger partial charge >= 0.3 is 0 Å². The van der Waals surface area contributed by atoms with Gasteiger partial charge in [0.25, 0.3) is 0 Å². The monoisotopic (exact) mass is 401 g/mol. The van der Waals surface area contributed by atoms with Crippen molar-refractivity contribution in [2.24, 2.45) is 7.05 Å². The average Bonchev–Trinajstić information content (AvgIpc) is 3.19. The van der Waals surface area contributed by atoms with Gasteiger partial charge in [-0.1, -0.05) is 24.3 Å². The molecule has 0 fully saturated rings. The van der Waals surface area contributed by atoms with Crippen LogP contribution < -0.4 is 4.74 Å². The summed E-state index contributed by atoms with van der Waals surface area (Å²) in [6.45, 7) is 0. The third kappa shape index (κ3) is 2.73. The number of aromatic hydroxyl groups is 2. The van der Waals surface area contributed by atoms with Gasteiger partial charge in [0.15, 0.2) is 5.76 Å². The number of Topliss-reactive ketones (excluding diaryl/α,β-unsaturated/α-hetero) is 1. The van der Waals surface area contributed by atoms with E-state index in [1.54, 1.807) is 12.1 Å². The minimum atomic E-state index is -0.470. The average molecular weight is 401 g/mol. The molecule has 5 nitrogen and oxygen atoms in total. The summed E-state index contributed by atoms with van der Waals surface area (Å²) in [5, 5.41) is 20.5. The van der Waals surface area contributed by atoms with Crippen LogP contribution in [0.1, 0.15) is 15.9 Å². The number of ketones is 1. The highest BCUT2D eigenvalue weighted by Crippen LogP contribution is 2.41. The molecule has 1 aliphatic heterocycles. The molecule has 2 N–H and O–H groups in total. The Hall–Kier alpha value is -4.06. The zero-order chi connectivity index (χ0) is 21.0. The van der Waals surface area contributed by atoms with E-state index in [4.69, 9.17) is 4.74 Å². The second kappa shape index (κ2) is 6.49. The number of hydrogen-bond acceptors (Lipinski definition) is 4. The fraction of sp³-hybridized carbons (Fsp3) is 0.0417. The highest BCUT2D eigenvalue weighted by Gasteiger charge is 2.31. The van der Waals surface area contributed by atoms with Crippen molar-refractivity contribution in [2.75, 3.05) is 0 Å². The van der Waals surface area contributed by atoms with E-state index >= 15 is 0 Å². The standard InChI is InChI=1S/C24H16FNO4/c1-26-12-14(9-21-24(29)23-19(28)10-16(27)11-20(23)30-21)22-17(6-3-7-18(22)26)13-4-2-5-15(25)8-13/h2-12,27-28H,1H3/b21-9-. The molecule has 1 aromatic heterocycles. The largest absolute Gasteiger partial charge is 0.508 e. The topological polar surface area (TPSA) is 71.7 Å². The third-order valence-electron chi connectivity index (χ3n) is 5.20. The van der Waals surface area contributed by atoms with Gasteiger partial charge in [0.2, 0.25) is 5.78 Å². The minimum absolute atomic E-state index is 0.0182. The molecule has 148 valence electrons. The quantitative estimate of drug-likeness (QED) is 0.463. The van der Waals surface area contributed by atoms with E-state index in [9.17, 15) is 19.4 Å². The Morgan fingerprint density at radius 1 is 1.07 bits per heavy atom. The van der Waals surface area contributed by atoms with Crippen molar-refractivity contribution in [1.29, 1.82) is 0 Å². The lowest BCUT2D eigenvalue weighted by atomic mass is 9.98. The molecule has 0 radical (unpaired) electrons. The number of carbonyl (C=O) groups is 1. The maximum absolute atomic E-state index is 13.8. The first-order valence-corrected chi connectivity index (χ1v) is 9.26. The third-order valence-corrected chi connectivity index (χ3v) is 5.20. The van der Waals surface area contributed by atoms with Crippen LogP contribution in [0.2, 0.25) is 0 Å². The molecule has 30 heavy (non-hydrogen) atoms. The van der Waals surface area contributed by atoms with Gasteiger partial charge in [0, 0.05) is 41.8 Å². The number of halogens is 1. The number of ether oxygens (including phenoxy) is 1. The molecule has 0 unspecified atom stereocenters. The summed E-state index contributed by atoms with van der Waals surface area (Å²) in [5.41, 5.74) is 3.18. The molecule has 0 saturated heterocycles. The van der Waals surface area contributed by atoms with Gasteiger partial charge in [0.1, 0.15) is 28.6 Å². The maximum Gasteiger partial charge on any atom is 0.235 e. The Balaban J connectivity index is 1.69. The van der Waals surface area contributed by atoms with Crippen LogP contribution in [0, 0.1) is 5.82 Å². The summed E-state index contributed by atoms with van der Waals surface area (Å²) in [5.74, 6) is -1.19. The molecule has 3 aromatic carbocycles. The number of aryl methyl sites for hydroxylation is 1. The van der Waals surface area contributed by atoms with Crippen molar-refractivity contribution in [3.63, 3.8) is 0 Å². The molecular weight excluding hydrogens is 385 g/mol. The van der Waals surface area contributed by atoms with Crippen molar-refractivity contribution in [3.8, 4) is 28.4 Å². The van der Waals surface area contributed by atoms with Crippen LogP contribution in [0.15, 0.2) is 66.6 Å². The summed E-state index contributed by atoms with van der Waals surface area (Å²) in [4.78, 5) is 12.8. The number of benzene rings is 3. The maximum atomic E-state index is 13.8. The summed E-state index contributed by atoms with van der Waals surface area (Å²) < 4.78 is 21.4. The molecular formula is C24H16FNO4. The molecule has 0 spiro atoms. The molecule has 5 rings (SSSR count). The molecule has 4 aromatic rings. The van der Waals surface area contributed by atoms with E-state index < -0.39 is 5.78 Å². The fourth-order valence-corrected chi connectivity index (χ4v) is 3.91. The molecule has 0 amide bonds. The Labute approximate surface area is 170 Å². The van der Waals surface area contributed by atoms with Gasteiger partial charge in [-0.3, -0.25) is 4.79 Å². The van der Waals surface area contributed by atoms with E-state index in [2.05, 4.69) is 0 Å². The number of hydrogen-bond donors (Lipinski definition) is 2. The molecule has 2 heterocycles. The van der Waals surface area contributed by atoms with Crippen LogP contribution in [0.5, 0.6) is 17.2 Å². The van der Waals surface area contributed by atoms with Crippen molar-refractivity contribution < 1.29 is 24.1 Å². The van der Waals surface area contributed by atoms with Crippen molar-refractivity contribution in [3.05, 3.63) is 83.5 Å². The summed E-state index contributed by atoms with van der Waals surface area (Å²) in [6, 6.07) is 14.5. The Bertz CT molecular complexity index is 1380. The van der Waals surface area contributed by atoms with E-state index in [1.165, 1.54) is 18.2 Å². The molecule has 0 aliphatic carbocycles. The van der Waals surface area contributed by atoms with E-state index in [0.29, 0.717) is 5.56 Å². The van der Waals surface area contributed by atoms with Gasteiger partial charge < -0.3 is 19.5 Å². The van der Waals surface area contributed by atoms with Gasteiger partial charge in [-0.15, -0.1) is 0 Å². The Morgan fingerprint density at radius 3 is 2.67 bits per heavy atom. The van der Waals surface area contributed by atoms with Gasteiger partial charge in [0.05, 0.1) is 0 Å². The van der Waals surface area contributed by atoms with Crippen LogP contribution in [0.4, 0.5) is 4.39 Å². The number of rotatable bonds is 2. The second-order valence-electron chi connectivity index (χ2n) is 7.18. The molecule has 6 heteroatoms. The molecule has 0 saturated carbocycles. The Kier molecular flexibility index (Phi) is 3.89. The summed E-state index contributed by atoms with van der Waals surface area (Å²) in [6.07, 6.45) is 3.46. The predicted octanol–water partition coefficient (Wildman–Crippen LogP) is 5.01. The van der Waals surface area contributed by atoms with Gasteiger partial charge in [-0.05, 0) is 35.4 Å². The lowest BCUT2D eigenvalue weighted by Crippen LogP contribution is -1.98. The minimum Gasteiger partial charge on any atom is -0.508 e. The van der Waals surface area contributed by atoms with Gasteiger partial charge in [-0.2, -0.15) is 0 Å². The highest BCUT2D eigenvalue weighted by atomic mass is 19.1. The number of aromatic nitrogens is 1. The first kappa shape index (κ1) is 18.0. The molecule has 0 atom stereocenters. The first-order chi connectivity index (χ1) is 14.4. The number of allylic oxidation sites excluding steroid dienone is 1. The van der Waals surface area contributed by atoms with Crippen molar-refractivity contribution >= 4 is 22.8 Å². The van der Waals surface area contributed by atoms with Gasteiger partial charge in [-0.25, -0.2) is 4.39 Å². The van der Waals surface area contributed by atoms with Crippen molar-refractivity contribution in [1.82, 2.24) is 4.57 Å². The Morgan fingerprint density at radius 2 is 1.87 bits per heavy atom. The number of nitrogens with zero attached hydrogens (tertiary/aromatic N) is 1. The van der Waals surface area contributed by atoms with Crippen LogP contribution in [0.3, 0.4) is 0 Å². The number of fused-ring (bicyclic) bond motifs is 2. The molecule has 1 aliphatic rings. The van der Waals surface area contributed by atoms with E-state index in [0.717, 1.165) is 28.1 Å². The highest BCUT2D eigenvalue weighted by molar-refractivity contribution is 6.17. The van der Waals surface area contributed by atoms with Crippen LogP contribution >= 0.6 is 0 Å². The number of phenolic OH excluding ortho intramolecular Hbond substituents is 2.